The summed E-state index contributed by atoms with van der Waals surface area (Å²) in [6.07, 6.45) is 1.98. The lowest BCUT2D eigenvalue weighted by molar-refractivity contribution is -0.121. The Balaban J connectivity index is 1.98. The Morgan fingerprint density at radius 3 is 2.83 bits per heavy atom. The molecule has 98 valence electrons. The van der Waals surface area contributed by atoms with Crippen molar-refractivity contribution in [3.05, 3.63) is 29.8 Å². The Kier molecular flexibility index (Phi) is 3.60. The third-order valence-electron chi connectivity index (χ3n) is 3.68. The Hall–Kier alpha value is -1.51. The second kappa shape index (κ2) is 5.01. The van der Waals surface area contributed by atoms with Gasteiger partial charge in [-0.2, -0.15) is 0 Å². The number of rotatable bonds is 4. The average Bonchev–Trinajstić information content (AvgIpc) is 2.72. The van der Waals surface area contributed by atoms with E-state index in [0.717, 1.165) is 19.4 Å². The van der Waals surface area contributed by atoms with Gasteiger partial charge in [0.15, 0.2) is 0 Å². The van der Waals surface area contributed by atoms with Gasteiger partial charge >= 0.3 is 0 Å². The summed E-state index contributed by atoms with van der Waals surface area (Å²) in [4.78, 5) is 14.2. The second-order valence-electron chi connectivity index (χ2n) is 5.59. The van der Waals surface area contributed by atoms with Crippen LogP contribution in [0, 0.1) is 0 Å². The normalized spacial score (nSPS) is 14.5. The summed E-state index contributed by atoms with van der Waals surface area (Å²) >= 11 is 0. The largest absolute Gasteiger partial charge is 0.362 e. The van der Waals surface area contributed by atoms with Gasteiger partial charge in [-0.25, -0.2) is 0 Å². The summed E-state index contributed by atoms with van der Waals surface area (Å²) < 4.78 is 0. The number of fused-ring (bicyclic) bond motifs is 1. The van der Waals surface area contributed by atoms with Crippen molar-refractivity contribution >= 4 is 11.6 Å². The van der Waals surface area contributed by atoms with Crippen LogP contribution in [-0.4, -0.2) is 24.5 Å². The van der Waals surface area contributed by atoms with E-state index in [1.54, 1.807) is 0 Å². The SMILES string of the molecule is CCC(C)(C)NC(=O)CN1CCc2ccccc21. The molecule has 0 spiro atoms. The highest BCUT2D eigenvalue weighted by atomic mass is 16.2. The van der Waals surface area contributed by atoms with Crippen LogP contribution in [0.5, 0.6) is 0 Å². The van der Waals surface area contributed by atoms with Crippen molar-refractivity contribution in [1.82, 2.24) is 5.32 Å². The summed E-state index contributed by atoms with van der Waals surface area (Å²) in [7, 11) is 0. The first-order valence-corrected chi connectivity index (χ1v) is 6.66. The van der Waals surface area contributed by atoms with E-state index in [-0.39, 0.29) is 11.4 Å². The minimum atomic E-state index is -0.115. The number of anilines is 1. The van der Waals surface area contributed by atoms with Crippen molar-refractivity contribution < 1.29 is 4.79 Å². The van der Waals surface area contributed by atoms with Crippen molar-refractivity contribution in [2.45, 2.75) is 39.2 Å². The van der Waals surface area contributed by atoms with Crippen molar-refractivity contribution in [3.63, 3.8) is 0 Å². The van der Waals surface area contributed by atoms with E-state index in [4.69, 9.17) is 0 Å². The predicted molar refractivity (Wildman–Crippen MR) is 74.9 cm³/mol. The Morgan fingerprint density at radius 1 is 1.39 bits per heavy atom. The van der Waals surface area contributed by atoms with Crippen LogP contribution in [0.4, 0.5) is 5.69 Å². The highest BCUT2D eigenvalue weighted by molar-refractivity contribution is 5.82. The molecule has 1 heterocycles. The Bertz CT molecular complexity index is 440. The molecule has 1 aliphatic heterocycles. The van der Waals surface area contributed by atoms with Crippen LogP contribution < -0.4 is 10.2 Å². The number of hydrogen-bond acceptors (Lipinski definition) is 2. The number of carbonyl (C=O) groups excluding carboxylic acids is 1. The predicted octanol–water partition coefficient (Wildman–Crippen LogP) is 2.35. The van der Waals surface area contributed by atoms with Gasteiger partial charge < -0.3 is 10.2 Å². The zero-order valence-electron chi connectivity index (χ0n) is 11.5. The molecule has 1 aromatic carbocycles. The fourth-order valence-corrected chi connectivity index (χ4v) is 2.25. The van der Waals surface area contributed by atoms with Crippen molar-refractivity contribution in [2.24, 2.45) is 0 Å². The van der Waals surface area contributed by atoms with Gasteiger partial charge in [-0.3, -0.25) is 4.79 Å². The topological polar surface area (TPSA) is 32.3 Å². The highest BCUT2D eigenvalue weighted by Crippen LogP contribution is 2.26. The lowest BCUT2D eigenvalue weighted by Crippen LogP contribution is -2.47. The Labute approximate surface area is 109 Å². The lowest BCUT2D eigenvalue weighted by Gasteiger charge is -2.27. The minimum Gasteiger partial charge on any atom is -0.362 e. The van der Waals surface area contributed by atoms with E-state index >= 15 is 0 Å². The maximum atomic E-state index is 12.0. The quantitative estimate of drug-likeness (QED) is 0.884. The van der Waals surface area contributed by atoms with Gasteiger partial charge in [0.05, 0.1) is 6.54 Å². The molecule has 0 atom stereocenters. The maximum absolute atomic E-state index is 12.0. The summed E-state index contributed by atoms with van der Waals surface area (Å²) in [5.74, 6) is 0.110. The van der Waals surface area contributed by atoms with Gasteiger partial charge in [0.25, 0.3) is 0 Å². The van der Waals surface area contributed by atoms with Gasteiger partial charge in [-0.05, 0) is 38.3 Å². The third kappa shape index (κ3) is 2.84. The van der Waals surface area contributed by atoms with Crippen LogP contribution in [0.25, 0.3) is 0 Å². The van der Waals surface area contributed by atoms with Gasteiger partial charge in [0.1, 0.15) is 0 Å². The van der Waals surface area contributed by atoms with Gasteiger partial charge in [0, 0.05) is 17.8 Å². The summed E-state index contributed by atoms with van der Waals surface area (Å²) in [5.41, 5.74) is 2.44. The van der Waals surface area contributed by atoms with Crippen molar-refractivity contribution in [2.75, 3.05) is 18.0 Å². The van der Waals surface area contributed by atoms with Crippen LogP contribution in [0.3, 0.4) is 0 Å². The van der Waals surface area contributed by atoms with Crippen LogP contribution in [0.15, 0.2) is 24.3 Å². The van der Waals surface area contributed by atoms with Gasteiger partial charge in [0.2, 0.25) is 5.91 Å². The minimum absolute atomic E-state index is 0.110. The zero-order chi connectivity index (χ0) is 13.2. The smallest absolute Gasteiger partial charge is 0.239 e. The number of nitrogens with one attached hydrogen (secondary N) is 1. The van der Waals surface area contributed by atoms with E-state index < -0.39 is 0 Å². The average molecular weight is 246 g/mol. The van der Waals surface area contributed by atoms with Crippen LogP contribution >= 0.6 is 0 Å². The zero-order valence-corrected chi connectivity index (χ0v) is 11.5. The van der Waals surface area contributed by atoms with Gasteiger partial charge in [-0.15, -0.1) is 0 Å². The fraction of sp³-hybridized carbons (Fsp3) is 0.533. The number of amides is 1. The molecule has 0 radical (unpaired) electrons. The Morgan fingerprint density at radius 2 is 2.11 bits per heavy atom. The molecule has 3 heteroatoms. The molecule has 18 heavy (non-hydrogen) atoms. The highest BCUT2D eigenvalue weighted by Gasteiger charge is 2.23. The lowest BCUT2D eigenvalue weighted by atomic mass is 10.0. The standard InChI is InChI=1S/C15H22N2O/c1-4-15(2,3)16-14(18)11-17-10-9-12-7-5-6-8-13(12)17/h5-8H,4,9-11H2,1-3H3,(H,16,18). The molecule has 0 saturated carbocycles. The van der Waals surface area contributed by atoms with E-state index in [1.807, 2.05) is 6.07 Å². The first-order chi connectivity index (χ1) is 8.52. The third-order valence-corrected chi connectivity index (χ3v) is 3.68. The summed E-state index contributed by atoms with van der Waals surface area (Å²) in [6.45, 7) is 7.61. The molecular weight excluding hydrogens is 224 g/mol. The van der Waals surface area contributed by atoms with E-state index in [1.165, 1.54) is 11.3 Å². The van der Waals surface area contributed by atoms with E-state index in [0.29, 0.717) is 6.54 Å². The van der Waals surface area contributed by atoms with Crippen LogP contribution in [-0.2, 0) is 11.2 Å². The number of para-hydroxylation sites is 1. The maximum Gasteiger partial charge on any atom is 0.239 e. The first-order valence-electron chi connectivity index (χ1n) is 6.66. The number of benzene rings is 1. The molecule has 1 aliphatic rings. The van der Waals surface area contributed by atoms with Crippen molar-refractivity contribution in [3.8, 4) is 0 Å². The molecule has 0 saturated heterocycles. The molecule has 1 amide bonds. The number of nitrogens with zero attached hydrogens (tertiary/aromatic N) is 1. The fourth-order valence-electron chi connectivity index (χ4n) is 2.25. The van der Waals surface area contributed by atoms with E-state index in [2.05, 4.69) is 49.2 Å². The number of carbonyl (C=O) groups is 1. The van der Waals surface area contributed by atoms with E-state index in [9.17, 15) is 4.79 Å². The van der Waals surface area contributed by atoms with Crippen LogP contribution in [0.2, 0.25) is 0 Å². The number of hydrogen-bond donors (Lipinski definition) is 1. The first kappa shape index (κ1) is 12.9. The monoisotopic (exact) mass is 246 g/mol. The van der Waals surface area contributed by atoms with Gasteiger partial charge in [-0.1, -0.05) is 25.1 Å². The molecule has 0 aliphatic carbocycles. The van der Waals surface area contributed by atoms with Crippen molar-refractivity contribution in [1.29, 1.82) is 0 Å². The van der Waals surface area contributed by atoms with Crippen LogP contribution in [0.1, 0.15) is 32.8 Å². The molecule has 0 aromatic heterocycles. The molecule has 3 nitrogen and oxygen atoms in total. The second-order valence-corrected chi connectivity index (χ2v) is 5.59. The molecule has 0 unspecified atom stereocenters. The molecule has 1 N–H and O–H groups in total. The summed E-state index contributed by atoms with van der Waals surface area (Å²) in [6, 6.07) is 8.33. The molecule has 0 bridgehead atoms. The molecule has 2 rings (SSSR count). The molecule has 0 fully saturated rings. The molecule has 1 aromatic rings. The molecular formula is C15H22N2O. The summed E-state index contributed by atoms with van der Waals surface area (Å²) in [5, 5.41) is 3.08.